The summed E-state index contributed by atoms with van der Waals surface area (Å²) in [6, 6.07) is 7.90. The van der Waals surface area contributed by atoms with Crippen molar-refractivity contribution in [2.24, 2.45) is 5.92 Å². The Kier molecular flexibility index (Phi) is 4.02. The Morgan fingerprint density at radius 3 is 2.96 bits per heavy atom. The highest BCUT2D eigenvalue weighted by atomic mass is 16.4. The molecule has 0 amide bonds. The fourth-order valence-corrected chi connectivity index (χ4v) is 2.64. The fourth-order valence-electron chi connectivity index (χ4n) is 2.64. The monoisotopic (exact) mass is 309 g/mol. The van der Waals surface area contributed by atoms with Gasteiger partial charge in [-0.25, -0.2) is 9.78 Å². The van der Waals surface area contributed by atoms with E-state index in [1.807, 2.05) is 30.7 Å². The number of benzene rings is 1. The number of carbonyl (C=O) groups is 1. The number of aromatic amines is 1. The SMILES string of the molecule is CC(C)Cn1cncc1-c1cc2cc(/C=C/C(=O)O)ccc2[nH]1. The summed E-state index contributed by atoms with van der Waals surface area (Å²) in [4.78, 5) is 18.3. The highest BCUT2D eigenvalue weighted by molar-refractivity contribution is 5.89. The highest BCUT2D eigenvalue weighted by Crippen LogP contribution is 2.25. The van der Waals surface area contributed by atoms with Crippen LogP contribution in [-0.2, 0) is 11.3 Å². The van der Waals surface area contributed by atoms with E-state index in [4.69, 9.17) is 5.11 Å². The molecular weight excluding hydrogens is 290 g/mol. The highest BCUT2D eigenvalue weighted by Gasteiger charge is 2.09. The Balaban J connectivity index is 1.97. The number of aromatic nitrogens is 3. The van der Waals surface area contributed by atoms with Gasteiger partial charge >= 0.3 is 5.97 Å². The smallest absolute Gasteiger partial charge is 0.328 e. The molecule has 5 heteroatoms. The predicted molar refractivity (Wildman–Crippen MR) is 91.0 cm³/mol. The summed E-state index contributed by atoms with van der Waals surface area (Å²) in [6.45, 7) is 5.27. The second-order valence-corrected chi connectivity index (χ2v) is 6.03. The van der Waals surface area contributed by atoms with Crippen LogP contribution in [0, 0.1) is 5.92 Å². The van der Waals surface area contributed by atoms with Crippen LogP contribution < -0.4 is 0 Å². The molecule has 0 aliphatic heterocycles. The van der Waals surface area contributed by atoms with E-state index in [2.05, 4.69) is 34.4 Å². The molecular formula is C18H19N3O2. The van der Waals surface area contributed by atoms with Crippen molar-refractivity contribution in [2.75, 3.05) is 0 Å². The molecule has 0 saturated carbocycles. The van der Waals surface area contributed by atoms with Crippen LogP contribution in [0.1, 0.15) is 19.4 Å². The molecule has 2 aromatic heterocycles. The number of H-pyrrole nitrogens is 1. The zero-order valence-corrected chi connectivity index (χ0v) is 13.2. The zero-order valence-electron chi connectivity index (χ0n) is 13.2. The number of nitrogens with zero attached hydrogens (tertiary/aromatic N) is 2. The number of nitrogens with one attached hydrogen (secondary N) is 1. The van der Waals surface area contributed by atoms with E-state index in [9.17, 15) is 4.79 Å². The lowest BCUT2D eigenvalue weighted by molar-refractivity contribution is -0.131. The van der Waals surface area contributed by atoms with Crippen molar-refractivity contribution in [2.45, 2.75) is 20.4 Å². The summed E-state index contributed by atoms with van der Waals surface area (Å²) in [5.41, 5.74) is 3.95. The van der Waals surface area contributed by atoms with E-state index in [0.29, 0.717) is 5.92 Å². The second kappa shape index (κ2) is 6.12. The van der Waals surface area contributed by atoms with Crippen molar-refractivity contribution in [1.82, 2.24) is 14.5 Å². The summed E-state index contributed by atoms with van der Waals surface area (Å²) >= 11 is 0. The average molecular weight is 309 g/mol. The van der Waals surface area contributed by atoms with Gasteiger partial charge in [0.25, 0.3) is 0 Å². The van der Waals surface area contributed by atoms with Gasteiger partial charge in [0.1, 0.15) is 0 Å². The predicted octanol–water partition coefficient (Wildman–Crippen LogP) is 3.79. The fraction of sp³-hybridized carbons (Fsp3) is 0.222. The Bertz CT molecular complexity index is 871. The topological polar surface area (TPSA) is 70.9 Å². The van der Waals surface area contributed by atoms with Gasteiger partial charge in [-0.05, 0) is 35.8 Å². The molecule has 0 atom stereocenters. The molecule has 0 aliphatic rings. The summed E-state index contributed by atoms with van der Waals surface area (Å²) in [5, 5.41) is 9.76. The van der Waals surface area contributed by atoms with Gasteiger partial charge in [0.05, 0.1) is 23.9 Å². The first-order valence-electron chi connectivity index (χ1n) is 7.57. The van der Waals surface area contributed by atoms with Crippen LogP contribution in [0.2, 0.25) is 0 Å². The molecule has 0 radical (unpaired) electrons. The van der Waals surface area contributed by atoms with Crippen LogP contribution in [-0.4, -0.2) is 25.6 Å². The first-order chi connectivity index (χ1) is 11.0. The van der Waals surface area contributed by atoms with Crippen LogP contribution >= 0.6 is 0 Å². The number of carboxylic acids is 1. The normalized spacial score (nSPS) is 11.8. The van der Waals surface area contributed by atoms with Crippen LogP contribution in [0.5, 0.6) is 0 Å². The first kappa shape index (κ1) is 15.1. The molecule has 1 aromatic carbocycles. The van der Waals surface area contributed by atoms with Gasteiger partial charge in [0.2, 0.25) is 0 Å². The third-order valence-corrected chi connectivity index (χ3v) is 3.61. The lowest BCUT2D eigenvalue weighted by atomic mass is 10.1. The summed E-state index contributed by atoms with van der Waals surface area (Å²) in [5.74, 6) is -0.405. The number of fused-ring (bicyclic) bond motifs is 1. The van der Waals surface area contributed by atoms with Gasteiger partial charge < -0.3 is 14.7 Å². The number of rotatable bonds is 5. The molecule has 5 nitrogen and oxygen atoms in total. The standard InChI is InChI=1S/C18H19N3O2/c1-12(2)10-21-11-19-9-17(21)16-8-14-7-13(4-6-18(22)23)3-5-15(14)20-16/h3-9,11-12,20H,10H2,1-2H3,(H,22,23)/b6-4+. The summed E-state index contributed by atoms with van der Waals surface area (Å²) < 4.78 is 2.14. The van der Waals surface area contributed by atoms with Gasteiger partial charge in [-0.1, -0.05) is 19.9 Å². The number of carboxylic acid groups (broad SMARTS) is 1. The van der Waals surface area contributed by atoms with E-state index in [1.165, 1.54) is 0 Å². The van der Waals surface area contributed by atoms with Crippen LogP contribution in [0.3, 0.4) is 0 Å². The molecule has 0 aliphatic carbocycles. The van der Waals surface area contributed by atoms with E-state index in [0.717, 1.165) is 40.5 Å². The number of hydrogen-bond donors (Lipinski definition) is 2. The second-order valence-electron chi connectivity index (χ2n) is 6.03. The van der Waals surface area contributed by atoms with Gasteiger partial charge in [-0.15, -0.1) is 0 Å². The third kappa shape index (κ3) is 3.34. The zero-order chi connectivity index (χ0) is 16.4. The van der Waals surface area contributed by atoms with Gasteiger partial charge in [0, 0.05) is 23.5 Å². The molecule has 3 aromatic rings. The molecule has 2 N–H and O–H groups in total. The molecule has 3 rings (SSSR count). The average Bonchev–Trinajstić information content (AvgIpc) is 3.09. The van der Waals surface area contributed by atoms with Crippen molar-refractivity contribution < 1.29 is 9.90 Å². The minimum Gasteiger partial charge on any atom is -0.478 e. The van der Waals surface area contributed by atoms with Crippen molar-refractivity contribution >= 4 is 22.9 Å². The molecule has 0 saturated heterocycles. The molecule has 118 valence electrons. The van der Waals surface area contributed by atoms with Crippen molar-refractivity contribution in [3.05, 3.63) is 48.4 Å². The van der Waals surface area contributed by atoms with Crippen LogP contribution in [0.4, 0.5) is 0 Å². The maximum Gasteiger partial charge on any atom is 0.328 e. The molecule has 0 bridgehead atoms. The van der Waals surface area contributed by atoms with Crippen molar-refractivity contribution in [3.8, 4) is 11.4 Å². The van der Waals surface area contributed by atoms with Gasteiger partial charge in [0.15, 0.2) is 0 Å². The number of hydrogen-bond acceptors (Lipinski definition) is 2. The third-order valence-electron chi connectivity index (χ3n) is 3.61. The largest absolute Gasteiger partial charge is 0.478 e. The lowest BCUT2D eigenvalue weighted by Gasteiger charge is -2.09. The Morgan fingerprint density at radius 2 is 2.22 bits per heavy atom. The Morgan fingerprint density at radius 1 is 1.39 bits per heavy atom. The number of imidazole rings is 1. The van der Waals surface area contributed by atoms with Gasteiger partial charge in [-0.2, -0.15) is 0 Å². The van der Waals surface area contributed by atoms with E-state index < -0.39 is 5.97 Å². The van der Waals surface area contributed by atoms with Gasteiger partial charge in [-0.3, -0.25) is 0 Å². The molecule has 23 heavy (non-hydrogen) atoms. The van der Waals surface area contributed by atoms with E-state index in [-0.39, 0.29) is 0 Å². The maximum atomic E-state index is 10.6. The first-order valence-corrected chi connectivity index (χ1v) is 7.57. The Labute approximate surface area is 134 Å². The van der Waals surface area contributed by atoms with E-state index in [1.54, 1.807) is 6.08 Å². The minimum absolute atomic E-state index is 0.542. The molecule has 0 fully saturated rings. The van der Waals surface area contributed by atoms with Crippen molar-refractivity contribution in [1.29, 1.82) is 0 Å². The minimum atomic E-state index is -0.947. The molecule has 0 unspecified atom stereocenters. The van der Waals surface area contributed by atoms with E-state index >= 15 is 0 Å². The summed E-state index contributed by atoms with van der Waals surface area (Å²) in [7, 11) is 0. The summed E-state index contributed by atoms with van der Waals surface area (Å²) in [6.07, 6.45) is 6.45. The van der Waals surface area contributed by atoms with Crippen LogP contribution in [0.25, 0.3) is 28.4 Å². The number of aliphatic carboxylic acids is 1. The molecule has 2 heterocycles. The maximum absolute atomic E-state index is 10.6. The quantitative estimate of drug-likeness (QED) is 0.704. The van der Waals surface area contributed by atoms with Crippen molar-refractivity contribution in [3.63, 3.8) is 0 Å². The van der Waals surface area contributed by atoms with Crippen LogP contribution in [0.15, 0.2) is 42.9 Å². The molecule has 0 spiro atoms. The lowest BCUT2D eigenvalue weighted by Crippen LogP contribution is -2.04. The Hall–Kier alpha value is -2.82.